The first-order chi connectivity index (χ1) is 24.0. The van der Waals surface area contributed by atoms with Crippen LogP contribution < -0.4 is 20.9 Å². The van der Waals surface area contributed by atoms with Crippen LogP contribution >= 0.6 is 0 Å². The minimum absolute atomic E-state index is 0.0227. The van der Waals surface area contributed by atoms with Crippen LogP contribution in [0.4, 0.5) is 11.4 Å². The van der Waals surface area contributed by atoms with Crippen molar-refractivity contribution in [2.24, 2.45) is 17.8 Å². The highest BCUT2D eigenvalue weighted by Gasteiger charge is 2.38. The molecule has 0 atom stereocenters. The van der Waals surface area contributed by atoms with Gasteiger partial charge in [0.25, 0.3) is 0 Å². The van der Waals surface area contributed by atoms with Crippen LogP contribution in [0.1, 0.15) is 121 Å². The number of rotatable bonds is 15. The predicted octanol–water partition coefficient (Wildman–Crippen LogP) is 12.9. The molecule has 0 saturated heterocycles. The average Bonchev–Trinajstić information content (AvgIpc) is 3.14. The average molecular weight is 659 g/mol. The second kappa shape index (κ2) is 17.1. The Morgan fingerprint density at radius 2 is 0.837 bits per heavy atom. The van der Waals surface area contributed by atoms with Crippen molar-refractivity contribution in [1.29, 1.82) is 0 Å². The van der Waals surface area contributed by atoms with Crippen LogP contribution in [0.5, 0.6) is 23.0 Å². The second-order valence-corrected chi connectivity index (χ2v) is 15.1. The molecule has 4 aromatic carbocycles. The highest BCUT2D eigenvalue weighted by Crippen LogP contribution is 2.49. The molecule has 2 aliphatic carbocycles. The number of anilines is 2. The van der Waals surface area contributed by atoms with Crippen molar-refractivity contribution >= 4 is 11.4 Å². The third-order valence-corrected chi connectivity index (χ3v) is 11.7. The minimum Gasteiger partial charge on any atom is -0.457 e. The summed E-state index contributed by atoms with van der Waals surface area (Å²) in [5.74, 6) is 6.05. The topological polar surface area (TPSA) is 70.5 Å². The van der Waals surface area contributed by atoms with Crippen LogP contribution in [0.3, 0.4) is 0 Å². The SMILES string of the molecule is CCCCCCC[C@H]1CC[C@H](CCC2CCC(c3ccc(Oc4ccc(N)cc4)cc3)(c3ccc(Oc4ccc(N)cc4)cc3)CC2)CC1. The van der Waals surface area contributed by atoms with Gasteiger partial charge in [0.1, 0.15) is 23.0 Å². The van der Waals surface area contributed by atoms with E-state index in [0.717, 1.165) is 52.1 Å². The van der Waals surface area contributed by atoms with Crippen LogP contribution in [0.2, 0.25) is 0 Å². The summed E-state index contributed by atoms with van der Waals surface area (Å²) in [6, 6.07) is 32.8. The summed E-state index contributed by atoms with van der Waals surface area (Å²) in [5, 5.41) is 0. The van der Waals surface area contributed by atoms with Gasteiger partial charge in [-0.1, -0.05) is 108 Å². The molecule has 0 heterocycles. The molecule has 0 bridgehead atoms. The lowest BCUT2D eigenvalue weighted by atomic mass is 9.62. The lowest BCUT2D eigenvalue weighted by Crippen LogP contribution is -2.33. The zero-order chi connectivity index (χ0) is 33.9. The van der Waals surface area contributed by atoms with E-state index in [0.29, 0.717) is 0 Å². The van der Waals surface area contributed by atoms with Crippen molar-refractivity contribution in [2.45, 2.75) is 115 Å². The summed E-state index contributed by atoms with van der Waals surface area (Å²) >= 11 is 0. The largest absolute Gasteiger partial charge is 0.457 e. The lowest BCUT2D eigenvalue weighted by Gasteiger charge is -2.42. The number of unbranched alkanes of at least 4 members (excludes halogenated alkanes) is 4. The molecule has 0 radical (unpaired) electrons. The first-order valence-electron chi connectivity index (χ1n) is 19.3. The molecule has 49 heavy (non-hydrogen) atoms. The third-order valence-electron chi connectivity index (χ3n) is 11.7. The van der Waals surface area contributed by atoms with E-state index in [1.54, 1.807) is 0 Å². The molecule has 4 heteroatoms. The monoisotopic (exact) mass is 658 g/mol. The Kier molecular flexibility index (Phi) is 12.2. The maximum absolute atomic E-state index is 6.16. The van der Waals surface area contributed by atoms with Gasteiger partial charge in [-0.2, -0.15) is 0 Å². The van der Waals surface area contributed by atoms with Gasteiger partial charge in [0.05, 0.1) is 0 Å². The van der Waals surface area contributed by atoms with Gasteiger partial charge in [-0.15, -0.1) is 0 Å². The van der Waals surface area contributed by atoms with Crippen LogP contribution in [0.25, 0.3) is 0 Å². The van der Waals surface area contributed by atoms with Crippen molar-refractivity contribution in [3.8, 4) is 23.0 Å². The standard InChI is InChI=1S/C45H58N2O2/c1-2-3-4-5-6-7-34-8-10-35(11-9-34)12-13-36-30-32-45(33-31-36,37-14-22-41(23-15-37)48-43-26-18-39(46)19-27-43)38-16-24-42(25-17-38)49-44-28-20-40(47)21-29-44/h14-29,34-36H,2-13,30-33,46-47H2,1H3/t34-,35-. The van der Waals surface area contributed by atoms with Crippen LogP contribution in [0.15, 0.2) is 97.1 Å². The molecular weight excluding hydrogens is 601 g/mol. The van der Waals surface area contributed by atoms with Gasteiger partial charge >= 0.3 is 0 Å². The number of nitrogen functional groups attached to an aromatic ring is 2. The van der Waals surface area contributed by atoms with Gasteiger partial charge in [-0.05, 0) is 127 Å². The van der Waals surface area contributed by atoms with Gasteiger partial charge in [-0.25, -0.2) is 0 Å². The van der Waals surface area contributed by atoms with E-state index in [1.807, 2.05) is 48.5 Å². The Morgan fingerprint density at radius 3 is 1.27 bits per heavy atom. The Hall–Kier alpha value is -3.92. The van der Waals surface area contributed by atoms with Crippen LogP contribution in [-0.4, -0.2) is 0 Å². The van der Waals surface area contributed by atoms with Crippen molar-refractivity contribution in [3.63, 3.8) is 0 Å². The van der Waals surface area contributed by atoms with E-state index < -0.39 is 0 Å². The van der Waals surface area contributed by atoms with E-state index in [2.05, 4.69) is 55.5 Å². The van der Waals surface area contributed by atoms with Crippen LogP contribution in [-0.2, 0) is 5.41 Å². The second-order valence-electron chi connectivity index (χ2n) is 15.1. The Morgan fingerprint density at radius 1 is 0.469 bits per heavy atom. The van der Waals surface area contributed by atoms with Gasteiger partial charge < -0.3 is 20.9 Å². The third kappa shape index (κ3) is 9.62. The Labute approximate surface area is 295 Å². The Balaban J connectivity index is 1.08. The van der Waals surface area contributed by atoms with E-state index in [-0.39, 0.29) is 5.41 Å². The number of nitrogens with two attached hydrogens (primary N) is 2. The van der Waals surface area contributed by atoms with Crippen molar-refractivity contribution in [3.05, 3.63) is 108 Å². The summed E-state index contributed by atoms with van der Waals surface area (Å²) in [6.45, 7) is 2.31. The fourth-order valence-electron chi connectivity index (χ4n) is 8.55. The normalized spacial score (nSPS) is 19.4. The summed E-state index contributed by atoms with van der Waals surface area (Å²) < 4.78 is 12.3. The number of hydrogen-bond donors (Lipinski definition) is 2. The molecule has 2 fully saturated rings. The van der Waals surface area contributed by atoms with Gasteiger partial charge in [-0.3, -0.25) is 0 Å². The van der Waals surface area contributed by atoms with Gasteiger partial charge in [0.15, 0.2) is 0 Å². The van der Waals surface area contributed by atoms with Crippen molar-refractivity contribution in [2.75, 3.05) is 11.5 Å². The maximum Gasteiger partial charge on any atom is 0.127 e. The Bertz CT molecular complexity index is 1440. The molecule has 4 nitrogen and oxygen atoms in total. The zero-order valence-electron chi connectivity index (χ0n) is 29.8. The summed E-state index contributed by atoms with van der Waals surface area (Å²) in [5.41, 5.74) is 15.9. The summed E-state index contributed by atoms with van der Waals surface area (Å²) in [7, 11) is 0. The molecule has 0 spiro atoms. The fraction of sp³-hybridized carbons (Fsp3) is 0.467. The van der Waals surface area contributed by atoms with Gasteiger partial charge in [0, 0.05) is 16.8 Å². The molecule has 0 aliphatic heterocycles. The van der Waals surface area contributed by atoms with E-state index >= 15 is 0 Å². The van der Waals surface area contributed by atoms with E-state index in [1.165, 1.54) is 114 Å². The van der Waals surface area contributed by atoms with E-state index in [4.69, 9.17) is 20.9 Å². The molecule has 6 rings (SSSR count). The maximum atomic E-state index is 6.16. The number of hydrogen-bond acceptors (Lipinski definition) is 4. The van der Waals surface area contributed by atoms with Crippen LogP contribution in [0, 0.1) is 17.8 Å². The fourth-order valence-corrected chi connectivity index (χ4v) is 8.55. The molecule has 0 amide bonds. The molecule has 0 aromatic heterocycles. The van der Waals surface area contributed by atoms with Crippen molar-refractivity contribution in [1.82, 2.24) is 0 Å². The molecule has 260 valence electrons. The molecular formula is C45H58N2O2. The first kappa shape index (κ1) is 34.9. The summed E-state index contributed by atoms with van der Waals surface area (Å²) in [4.78, 5) is 0. The molecule has 0 unspecified atom stereocenters. The molecule has 4 N–H and O–H groups in total. The van der Waals surface area contributed by atoms with Crippen molar-refractivity contribution < 1.29 is 9.47 Å². The zero-order valence-corrected chi connectivity index (χ0v) is 29.8. The first-order valence-corrected chi connectivity index (χ1v) is 19.3. The lowest BCUT2D eigenvalue weighted by molar-refractivity contribution is 0.208. The smallest absolute Gasteiger partial charge is 0.127 e. The quantitative estimate of drug-likeness (QED) is 0.0985. The molecule has 4 aromatic rings. The number of ether oxygens (including phenoxy) is 2. The predicted molar refractivity (Wildman–Crippen MR) is 206 cm³/mol. The highest BCUT2D eigenvalue weighted by molar-refractivity contribution is 5.47. The van der Waals surface area contributed by atoms with E-state index in [9.17, 15) is 0 Å². The van der Waals surface area contributed by atoms with Gasteiger partial charge in [0.2, 0.25) is 0 Å². The number of benzene rings is 4. The highest BCUT2D eigenvalue weighted by atomic mass is 16.5. The molecule has 2 saturated carbocycles. The minimum atomic E-state index is -0.0227. The molecule has 2 aliphatic rings. The summed E-state index contributed by atoms with van der Waals surface area (Å²) in [6.07, 6.45) is 22.1.